The molecular formula is C21H20ClFN6O. The van der Waals surface area contributed by atoms with Gasteiger partial charge in [-0.15, -0.1) is 0 Å². The van der Waals surface area contributed by atoms with E-state index in [0.29, 0.717) is 23.0 Å². The molecule has 1 aromatic carbocycles. The van der Waals surface area contributed by atoms with Crippen LogP contribution >= 0.6 is 11.6 Å². The second kappa shape index (κ2) is 6.77. The molecule has 2 aliphatic heterocycles. The normalized spacial score (nSPS) is 20.5. The summed E-state index contributed by atoms with van der Waals surface area (Å²) in [6.45, 7) is 2.82. The van der Waals surface area contributed by atoms with Gasteiger partial charge in [-0.05, 0) is 37.5 Å². The molecular weight excluding hydrogens is 407 g/mol. The molecule has 0 spiro atoms. The SMILES string of the molecule is CC[C@@]12CCCN1c1nc(-n3ccnc3-c3ccc(F)c(Cl)c3)ncc1N(C)C2=O. The fraction of sp³-hybridized carbons (Fsp3) is 0.333. The van der Waals surface area contributed by atoms with E-state index in [2.05, 4.69) is 14.9 Å². The highest BCUT2D eigenvalue weighted by atomic mass is 35.5. The number of hydrogen-bond donors (Lipinski definition) is 0. The van der Waals surface area contributed by atoms with Gasteiger partial charge in [-0.2, -0.15) is 4.98 Å². The van der Waals surface area contributed by atoms with Crippen molar-refractivity contribution in [2.24, 2.45) is 0 Å². The summed E-state index contributed by atoms with van der Waals surface area (Å²) >= 11 is 5.96. The van der Waals surface area contributed by atoms with E-state index in [-0.39, 0.29) is 10.9 Å². The fourth-order valence-corrected chi connectivity index (χ4v) is 4.75. The molecule has 9 heteroatoms. The van der Waals surface area contributed by atoms with Crippen LogP contribution in [-0.2, 0) is 4.79 Å². The Bertz CT molecular complexity index is 1160. The van der Waals surface area contributed by atoms with Crippen LogP contribution in [0, 0.1) is 5.82 Å². The van der Waals surface area contributed by atoms with Crippen molar-refractivity contribution in [1.29, 1.82) is 0 Å². The van der Waals surface area contributed by atoms with Gasteiger partial charge in [0.15, 0.2) is 5.82 Å². The fourth-order valence-electron chi connectivity index (χ4n) is 4.57. The number of hydrogen-bond acceptors (Lipinski definition) is 5. The largest absolute Gasteiger partial charge is 0.340 e. The molecule has 1 fully saturated rings. The Morgan fingerprint density at radius 2 is 2.13 bits per heavy atom. The van der Waals surface area contributed by atoms with E-state index >= 15 is 0 Å². The minimum atomic E-state index is -0.546. The second-order valence-corrected chi connectivity index (χ2v) is 8.04. The minimum absolute atomic E-state index is 0.0262. The number of carbonyl (C=O) groups is 1. The van der Waals surface area contributed by atoms with Gasteiger partial charge in [0.05, 0.1) is 11.2 Å². The van der Waals surface area contributed by atoms with Crippen LogP contribution in [0.2, 0.25) is 5.02 Å². The van der Waals surface area contributed by atoms with E-state index in [1.165, 1.54) is 12.1 Å². The molecule has 3 aromatic rings. The molecule has 30 heavy (non-hydrogen) atoms. The van der Waals surface area contributed by atoms with Gasteiger partial charge in [-0.1, -0.05) is 18.5 Å². The van der Waals surface area contributed by atoms with Crippen molar-refractivity contribution in [1.82, 2.24) is 19.5 Å². The summed E-state index contributed by atoms with van der Waals surface area (Å²) in [4.78, 5) is 30.6. The van der Waals surface area contributed by atoms with Crippen LogP contribution in [0.4, 0.5) is 15.9 Å². The number of anilines is 2. The second-order valence-electron chi connectivity index (χ2n) is 7.63. The Balaban J connectivity index is 1.63. The predicted molar refractivity (Wildman–Crippen MR) is 113 cm³/mol. The first-order chi connectivity index (χ1) is 14.5. The number of fused-ring (bicyclic) bond motifs is 3. The van der Waals surface area contributed by atoms with Crippen molar-refractivity contribution in [2.75, 3.05) is 23.4 Å². The van der Waals surface area contributed by atoms with E-state index in [1.807, 2.05) is 6.92 Å². The van der Waals surface area contributed by atoms with Gasteiger partial charge in [0.2, 0.25) is 5.95 Å². The third-order valence-electron chi connectivity index (χ3n) is 6.16. The van der Waals surface area contributed by atoms with Gasteiger partial charge < -0.3 is 9.80 Å². The molecule has 4 heterocycles. The molecule has 5 rings (SSSR count). The topological polar surface area (TPSA) is 67.2 Å². The van der Waals surface area contributed by atoms with Gasteiger partial charge in [-0.3, -0.25) is 9.36 Å². The zero-order valence-electron chi connectivity index (χ0n) is 16.6. The molecule has 0 saturated carbocycles. The monoisotopic (exact) mass is 426 g/mol. The molecule has 1 atom stereocenters. The van der Waals surface area contributed by atoms with Crippen LogP contribution in [0.25, 0.3) is 17.3 Å². The van der Waals surface area contributed by atoms with E-state index in [0.717, 1.165) is 31.6 Å². The average molecular weight is 427 g/mol. The van der Waals surface area contributed by atoms with Gasteiger partial charge in [-0.25, -0.2) is 14.4 Å². The Kier molecular flexibility index (Phi) is 4.28. The summed E-state index contributed by atoms with van der Waals surface area (Å²) in [5.41, 5.74) is 0.806. The molecule has 1 amide bonds. The van der Waals surface area contributed by atoms with Crippen LogP contribution in [0.1, 0.15) is 26.2 Å². The molecule has 2 aliphatic rings. The number of aromatic nitrogens is 4. The van der Waals surface area contributed by atoms with Crippen LogP contribution in [0.3, 0.4) is 0 Å². The Morgan fingerprint density at radius 1 is 1.30 bits per heavy atom. The molecule has 0 N–H and O–H groups in total. The maximum atomic E-state index is 13.6. The molecule has 0 aliphatic carbocycles. The number of likely N-dealkylation sites (N-methyl/N-ethyl adjacent to an activating group) is 1. The number of carbonyl (C=O) groups excluding carboxylic acids is 1. The van der Waals surface area contributed by atoms with Crippen LogP contribution in [0.15, 0.2) is 36.8 Å². The third-order valence-corrected chi connectivity index (χ3v) is 6.45. The van der Waals surface area contributed by atoms with Crippen molar-refractivity contribution in [3.05, 3.63) is 47.6 Å². The lowest BCUT2D eigenvalue weighted by Gasteiger charge is -2.45. The van der Waals surface area contributed by atoms with Gasteiger partial charge in [0.1, 0.15) is 22.9 Å². The number of amides is 1. The predicted octanol–water partition coefficient (Wildman–Crippen LogP) is 3.85. The Morgan fingerprint density at radius 3 is 2.90 bits per heavy atom. The smallest absolute Gasteiger partial charge is 0.252 e. The number of halogens is 2. The van der Waals surface area contributed by atoms with Crippen molar-refractivity contribution < 1.29 is 9.18 Å². The molecule has 154 valence electrons. The molecule has 2 aromatic heterocycles. The van der Waals surface area contributed by atoms with E-state index in [1.54, 1.807) is 41.2 Å². The van der Waals surface area contributed by atoms with Crippen molar-refractivity contribution in [2.45, 2.75) is 31.7 Å². The van der Waals surface area contributed by atoms with Crippen molar-refractivity contribution in [3.63, 3.8) is 0 Å². The Hall–Kier alpha value is -3.00. The summed E-state index contributed by atoms with van der Waals surface area (Å²) < 4.78 is 15.3. The maximum absolute atomic E-state index is 13.6. The lowest BCUT2D eigenvalue weighted by molar-refractivity contribution is -0.123. The summed E-state index contributed by atoms with van der Waals surface area (Å²) in [7, 11) is 1.78. The lowest BCUT2D eigenvalue weighted by atomic mass is 9.89. The summed E-state index contributed by atoms with van der Waals surface area (Å²) in [6, 6.07) is 4.46. The number of nitrogens with zero attached hydrogens (tertiary/aromatic N) is 6. The van der Waals surface area contributed by atoms with E-state index in [4.69, 9.17) is 16.6 Å². The van der Waals surface area contributed by atoms with Gasteiger partial charge in [0.25, 0.3) is 5.91 Å². The first-order valence-corrected chi connectivity index (χ1v) is 10.3. The van der Waals surface area contributed by atoms with Crippen LogP contribution in [-0.4, -0.2) is 44.6 Å². The lowest BCUT2D eigenvalue weighted by Crippen LogP contribution is -2.59. The van der Waals surface area contributed by atoms with Crippen LogP contribution < -0.4 is 9.80 Å². The van der Waals surface area contributed by atoms with Crippen LogP contribution in [0.5, 0.6) is 0 Å². The number of benzene rings is 1. The summed E-state index contributed by atoms with van der Waals surface area (Å²) in [6.07, 6.45) is 7.54. The van der Waals surface area contributed by atoms with Crippen molar-refractivity contribution >= 4 is 29.0 Å². The molecule has 0 bridgehead atoms. The Labute approximate surface area is 178 Å². The summed E-state index contributed by atoms with van der Waals surface area (Å²) in [5, 5.41) is 0.0262. The summed E-state index contributed by atoms with van der Waals surface area (Å²) in [5.74, 6) is 1.34. The average Bonchev–Trinajstić information content (AvgIpc) is 3.42. The quantitative estimate of drug-likeness (QED) is 0.636. The number of imidazole rings is 1. The highest BCUT2D eigenvalue weighted by Gasteiger charge is 2.52. The maximum Gasteiger partial charge on any atom is 0.252 e. The van der Waals surface area contributed by atoms with Gasteiger partial charge in [0, 0.05) is 31.5 Å². The molecule has 7 nitrogen and oxygen atoms in total. The van der Waals surface area contributed by atoms with Gasteiger partial charge >= 0.3 is 0 Å². The highest BCUT2D eigenvalue weighted by molar-refractivity contribution is 6.31. The van der Waals surface area contributed by atoms with E-state index < -0.39 is 11.4 Å². The highest BCUT2D eigenvalue weighted by Crippen LogP contribution is 2.45. The molecule has 1 saturated heterocycles. The minimum Gasteiger partial charge on any atom is -0.340 e. The number of rotatable bonds is 3. The zero-order chi connectivity index (χ0) is 21.0. The standard InChI is InChI=1S/C21H20ClFN6O/c1-3-21-7-4-9-29(21)18-16(27(2)19(21)30)12-25-20(26-18)28-10-8-24-17(28)13-5-6-15(23)14(22)11-13/h5-6,8,10-12H,3-4,7,9H2,1-2H3/t21-/m0/s1. The first-order valence-electron chi connectivity index (χ1n) is 9.88. The zero-order valence-corrected chi connectivity index (χ0v) is 17.4. The molecule has 0 radical (unpaired) electrons. The molecule has 0 unspecified atom stereocenters. The van der Waals surface area contributed by atoms with E-state index in [9.17, 15) is 9.18 Å². The van der Waals surface area contributed by atoms with Crippen molar-refractivity contribution in [3.8, 4) is 17.3 Å². The third kappa shape index (κ3) is 2.56. The first kappa shape index (κ1) is 19.0.